The van der Waals surface area contributed by atoms with Crippen molar-refractivity contribution < 1.29 is 24.7 Å². The summed E-state index contributed by atoms with van der Waals surface area (Å²) in [6.07, 6.45) is -1.07. The van der Waals surface area contributed by atoms with E-state index < -0.39 is 11.8 Å². The molecule has 0 unspecified atom stereocenters. The average Bonchev–Trinajstić information content (AvgIpc) is 1.59. The van der Waals surface area contributed by atoms with Crippen molar-refractivity contribution in [2.75, 3.05) is 0 Å². The van der Waals surface area contributed by atoms with Crippen LogP contribution in [0.5, 0.6) is 0 Å². The molecule has 0 saturated heterocycles. The summed E-state index contributed by atoms with van der Waals surface area (Å²) in [5.41, 5.74) is -0.643. The quantitative estimate of drug-likeness (QED) is 0.347. The lowest BCUT2D eigenvalue weighted by atomic mass is 10.2. The fourth-order valence-corrected chi connectivity index (χ4v) is 0.297. The maximum absolute atomic E-state index is 10.3. The lowest BCUT2D eigenvalue weighted by molar-refractivity contribution is -0.463. The summed E-state index contributed by atoms with van der Waals surface area (Å²) in [6.45, 7) is 4.98. The Hall–Kier alpha value is -0.810. The Labute approximate surface area is 58.4 Å². The molecule has 0 aliphatic carbocycles. The highest BCUT2D eigenvalue weighted by atomic mass is 17.5. The molecule has 0 radical (unpaired) electrons. The lowest BCUT2D eigenvalue weighted by Crippen LogP contribution is -2.24. The van der Waals surface area contributed by atoms with Crippen LogP contribution in [0.4, 0.5) is 4.79 Å². The van der Waals surface area contributed by atoms with Gasteiger partial charge in [0.25, 0.3) is 0 Å². The van der Waals surface area contributed by atoms with Crippen molar-refractivity contribution in [3.63, 3.8) is 0 Å². The fraction of sp³-hybridized carbons (Fsp3) is 0.800. The molecule has 5 nitrogen and oxygen atoms in total. The third-order valence-corrected chi connectivity index (χ3v) is 0.495. The van der Waals surface area contributed by atoms with Crippen LogP contribution in [0.1, 0.15) is 20.8 Å². The highest BCUT2D eigenvalue weighted by molar-refractivity contribution is 5.59. The summed E-state index contributed by atoms with van der Waals surface area (Å²) in [4.78, 5) is 13.9. The summed E-state index contributed by atoms with van der Waals surface area (Å²) in [7, 11) is 0. The number of hydrogen-bond donors (Lipinski definition) is 1. The van der Waals surface area contributed by atoms with Gasteiger partial charge in [0, 0.05) is 0 Å². The van der Waals surface area contributed by atoms with E-state index in [0.717, 1.165) is 0 Å². The van der Waals surface area contributed by atoms with Crippen LogP contribution in [-0.2, 0) is 14.7 Å². The molecular weight excluding hydrogens is 140 g/mol. The normalized spacial score (nSPS) is 10.8. The Kier molecular flexibility index (Phi) is 3.11. The van der Waals surface area contributed by atoms with Crippen LogP contribution >= 0.6 is 0 Å². The maximum Gasteiger partial charge on any atom is 0.543 e. The molecule has 0 bridgehead atoms. The Bertz CT molecular complexity index is 114. The first kappa shape index (κ1) is 9.19. The van der Waals surface area contributed by atoms with Crippen LogP contribution in [0.2, 0.25) is 0 Å². The van der Waals surface area contributed by atoms with Gasteiger partial charge in [-0.1, -0.05) is 0 Å². The summed E-state index contributed by atoms with van der Waals surface area (Å²) in [6, 6.07) is 0. The van der Waals surface area contributed by atoms with Gasteiger partial charge in [0.15, 0.2) is 0 Å². The van der Waals surface area contributed by atoms with Gasteiger partial charge < -0.3 is 4.74 Å². The molecule has 10 heavy (non-hydrogen) atoms. The van der Waals surface area contributed by atoms with Crippen molar-refractivity contribution in [1.29, 1.82) is 0 Å². The Morgan fingerprint density at radius 3 is 2.20 bits per heavy atom. The van der Waals surface area contributed by atoms with Crippen LogP contribution in [0.3, 0.4) is 0 Å². The van der Waals surface area contributed by atoms with Gasteiger partial charge in [-0.25, -0.2) is 14.9 Å². The first-order chi connectivity index (χ1) is 4.45. The number of carbonyl (C=O) groups excluding carboxylic acids is 1. The van der Waals surface area contributed by atoms with Crippen molar-refractivity contribution in [1.82, 2.24) is 0 Å². The molecule has 0 heterocycles. The fourth-order valence-electron chi connectivity index (χ4n) is 0.297. The van der Waals surface area contributed by atoms with Crippen molar-refractivity contribution in [3.8, 4) is 0 Å². The van der Waals surface area contributed by atoms with Crippen LogP contribution in [0.15, 0.2) is 0 Å². The Balaban J connectivity index is 3.58. The predicted octanol–water partition coefficient (Wildman–Crippen LogP) is 1.34. The van der Waals surface area contributed by atoms with E-state index in [4.69, 9.17) is 5.26 Å². The standard InChI is InChI=1S/C5H10O5/c1-5(2,3)8-4(6)9-10-7/h7H,1-3H3. The molecule has 60 valence electrons. The van der Waals surface area contributed by atoms with Crippen LogP contribution in [0.25, 0.3) is 0 Å². The minimum atomic E-state index is -1.07. The molecule has 0 fully saturated rings. The van der Waals surface area contributed by atoms with E-state index >= 15 is 0 Å². The molecule has 0 saturated carbocycles. The predicted molar refractivity (Wildman–Crippen MR) is 31.0 cm³/mol. The molecule has 0 spiro atoms. The molecule has 0 amide bonds. The van der Waals surface area contributed by atoms with Gasteiger partial charge in [0.1, 0.15) is 5.60 Å². The van der Waals surface area contributed by atoms with Crippen molar-refractivity contribution in [3.05, 3.63) is 0 Å². The second-order valence-corrected chi connectivity index (χ2v) is 2.62. The summed E-state index contributed by atoms with van der Waals surface area (Å²) >= 11 is 0. The van der Waals surface area contributed by atoms with E-state index in [1.807, 2.05) is 0 Å². The van der Waals surface area contributed by atoms with Gasteiger partial charge in [0.2, 0.25) is 0 Å². The first-order valence-electron chi connectivity index (χ1n) is 2.67. The maximum atomic E-state index is 10.3. The van der Waals surface area contributed by atoms with Crippen LogP contribution < -0.4 is 0 Å². The van der Waals surface area contributed by atoms with Gasteiger partial charge >= 0.3 is 6.16 Å². The minimum Gasteiger partial charge on any atom is -0.427 e. The van der Waals surface area contributed by atoms with E-state index in [0.29, 0.717) is 0 Å². The number of ether oxygens (including phenoxy) is 1. The van der Waals surface area contributed by atoms with Crippen LogP contribution in [-0.4, -0.2) is 17.0 Å². The minimum absolute atomic E-state index is 0.643. The van der Waals surface area contributed by atoms with E-state index in [2.05, 4.69) is 14.7 Å². The Morgan fingerprint density at radius 1 is 1.40 bits per heavy atom. The van der Waals surface area contributed by atoms with Gasteiger partial charge in [-0.15, -0.1) is 0 Å². The second kappa shape index (κ2) is 3.38. The van der Waals surface area contributed by atoms with Crippen molar-refractivity contribution in [2.24, 2.45) is 0 Å². The number of carbonyl (C=O) groups is 1. The highest BCUT2D eigenvalue weighted by Crippen LogP contribution is 2.07. The highest BCUT2D eigenvalue weighted by Gasteiger charge is 2.17. The molecule has 0 rings (SSSR count). The lowest BCUT2D eigenvalue weighted by Gasteiger charge is -2.16. The van der Waals surface area contributed by atoms with Gasteiger partial charge in [0.05, 0.1) is 0 Å². The first-order valence-corrected chi connectivity index (χ1v) is 2.67. The molecule has 0 atom stereocenters. The zero-order chi connectivity index (χ0) is 8.20. The van der Waals surface area contributed by atoms with E-state index in [1.165, 1.54) is 0 Å². The molecule has 0 aromatic rings. The Morgan fingerprint density at radius 2 is 1.90 bits per heavy atom. The topological polar surface area (TPSA) is 65.0 Å². The zero-order valence-electron chi connectivity index (χ0n) is 6.08. The van der Waals surface area contributed by atoms with Crippen molar-refractivity contribution in [2.45, 2.75) is 26.4 Å². The number of hydrogen-bond acceptors (Lipinski definition) is 5. The van der Waals surface area contributed by atoms with E-state index in [-0.39, 0.29) is 0 Å². The smallest absolute Gasteiger partial charge is 0.427 e. The SMILES string of the molecule is CC(C)(C)OC(=O)OOO. The molecule has 0 aliphatic heterocycles. The molecule has 0 aliphatic rings. The summed E-state index contributed by atoms with van der Waals surface area (Å²) in [5, 5.41) is 10.7. The summed E-state index contributed by atoms with van der Waals surface area (Å²) < 4.78 is 4.53. The van der Waals surface area contributed by atoms with E-state index in [1.54, 1.807) is 20.8 Å². The molecule has 5 heteroatoms. The van der Waals surface area contributed by atoms with Gasteiger partial charge in [-0.05, 0) is 25.8 Å². The molecule has 1 N–H and O–H groups in total. The summed E-state index contributed by atoms with van der Waals surface area (Å²) in [5.74, 6) is 0. The monoisotopic (exact) mass is 150 g/mol. The average molecular weight is 150 g/mol. The second-order valence-electron chi connectivity index (χ2n) is 2.62. The van der Waals surface area contributed by atoms with Crippen molar-refractivity contribution >= 4 is 6.16 Å². The molecule has 0 aromatic carbocycles. The van der Waals surface area contributed by atoms with Gasteiger partial charge in [-0.3, -0.25) is 0 Å². The third kappa shape index (κ3) is 5.33. The largest absolute Gasteiger partial charge is 0.543 e. The zero-order valence-corrected chi connectivity index (χ0v) is 6.08. The van der Waals surface area contributed by atoms with E-state index in [9.17, 15) is 4.79 Å². The van der Waals surface area contributed by atoms with Gasteiger partial charge in [-0.2, -0.15) is 0 Å². The van der Waals surface area contributed by atoms with Crippen LogP contribution in [0, 0.1) is 0 Å². The number of rotatable bonds is 1. The third-order valence-electron chi connectivity index (χ3n) is 0.495. The molecular formula is C5H10O5. The molecule has 0 aromatic heterocycles.